The summed E-state index contributed by atoms with van der Waals surface area (Å²) in [5.41, 5.74) is 0. The maximum atomic E-state index is 13.3. The van der Waals surface area contributed by atoms with Gasteiger partial charge in [0.25, 0.3) is 0 Å². The largest absolute Gasteiger partial charge is 0.394 e. The van der Waals surface area contributed by atoms with Crippen molar-refractivity contribution in [2.24, 2.45) is 0 Å². The smallest absolute Gasteiger partial charge is 0.220 e. The van der Waals surface area contributed by atoms with Crippen LogP contribution in [0.4, 0.5) is 0 Å². The molecule has 19 heteroatoms. The predicted octanol–water partition coefficient (Wildman–Crippen LogP) is 7.55. The highest BCUT2D eigenvalue weighted by atomic mass is 16.8. The summed E-state index contributed by atoms with van der Waals surface area (Å²) < 4.78 is 34.3. The first-order chi connectivity index (χ1) is 39.8. The third-order valence-electron chi connectivity index (χ3n) is 17.2. The summed E-state index contributed by atoms with van der Waals surface area (Å²) in [7, 11) is 0. The van der Waals surface area contributed by atoms with Gasteiger partial charge in [0.1, 0.15) is 73.2 Å². The monoisotopic (exact) mass is 1180 g/mol. The van der Waals surface area contributed by atoms with Gasteiger partial charge in [0.05, 0.1) is 38.6 Å². The van der Waals surface area contributed by atoms with Gasteiger partial charge in [-0.15, -0.1) is 0 Å². The topological polar surface area (TPSA) is 307 Å². The molecule has 0 radical (unpaired) electrons. The van der Waals surface area contributed by atoms with Crippen molar-refractivity contribution < 1.29 is 89.4 Å². The number of hydrogen-bond acceptors (Lipinski definition) is 18. The van der Waals surface area contributed by atoms with Crippen molar-refractivity contribution in [3.8, 4) is 0 Å². The Bertz CT molecular complexity index is 1500. The molecule has 19 nitrogen and oxygen atoms in total. The number of amides is 1. The molecule has 17 unspecified atom stereocenters. The molecule has 1 amide bonds. The normalized spacial score (nSPS) is 29.5. The van der Waals surface area contributed by atoms with Crippen molar-refractivity contribution in [2.75, 3.05) is 26.4 Å². The van der Waals surface area contributed by atoms with Crippen molar-refractivity contribution in [1.82, 2.24) is 5.32 Å². The van der Waals surface area contributed by atoms with Gasteiger partial charge in [-0.2, -0.15) is 0 Å². The molecular formula is C63H121NO18. The molecule has 3 saturated heterocycles. The van der Waals surface area contributed by atoms with Crippen molar-refractivity contribution >= 4 is 5.91 Å². The van der Waals surface area contributed by atoms with E-state index in [1.807, 2.05) is 0 Å². The lowest BCUT2D eigenvalue weighted by Crippen LogP contribution is -2.66. The molecule has 3 aliphatic heterocycles. The Morgan fingerprint density at radius 2 is 0.695 bits per heavy atom. The molecule has 0 saturated carbocycles. The summed E-state index contributed by atoms with van der Waals surface area (Å²) in [5, 5.41) is 120. The van der Waals surface area contributed by atoms with E-state index in [1.165, 1.54) is 186 Å². The predicted molar refractivity (Wildman–Crippen MR) is 314 cm³/mol. The van der Waals surface area contributed by atoms with E-state index in [9.17, 15) is 61.0 Å². The molecule has 3 heterocycles. The third-order valence-corrected chi connectivity index (χ3v) is 17.2. The molecule has 3 fully saturated rings. The number of carbonyl (C=O) groups excluding carboxylic acids is 1. The van der Waals surface area contributed by atoms with Crippen molar-refractivity contribution in [3.05, 3.63) is 0 Å². The molecule has 3 aliphatic rings. The van der Waals surface area contributed by atoms with Gasteiger partial charge in [-0.05, 0) is 12.8 Å². The van der Waals surface area contributed by atoms with E-state index < -0.39 is 124 Å². The van der Waals surface area contributed by atoms with Gasteiger partial charge < -0.3 is 89.9 Å². The molecule has 12 N–H and O–H groups in total. The minimum absolute atomic E-state index is 0.243. The fraction of sp³-hybridized carbons (Fsp3) is 0.984. The molecule has 0 bridgehead atoms. The summed E-state index contributed by atoms with van der Waals surface area (Å²) in [6.45, 7) is 1.79. The van der Waals surface area contributed by atoms with E-state index in [2.05, 4.69) is 19.2 Å². The lowest BCUT2D eigenvalue weighted by Gasteiger charge is -2.48. The zero-order valence-electron chi connectivity index (χ0n) is 51.0. The van der Waals surface area contributed by atoms with Crippen LogP contribution in [0.5, 0.6) is 0 Å². The van der Waals surface area contributed by atoms with E-state index in [-0.39, 0.29) is 18.9 Å². The highest BCUT2D eigenvalue weighted by molar-refractivity contribution is 5.76. The average molecular weight is 1180 g/mol. The van der Waals surface area contributed by atoms with Crippen LogP contribution in [-0.4, -0.2) is 193 Å². The van der Waals surface area contributed by atoms with Crippen molar-refractivity contribution in [1.29, 1.82) is 0 Å². The van der Waals surface area contributed by atoms with E-state index in [0.29, 0.717) is 12.8 Å². The summed E-state index contributed by atoms with van der Waals surface area (Å²) in [6.07, 6.45) is 20.8. The van der Waals surface area contributed by atoms with E-state index >= 15 is 0 Å². The number of aliphatic hydroxyl groups is 11. The fourth-order valence-corrected chi connectivity index (χ4v) is 11.7. The van der Waals surface area contributed by atoms with Gasteiger partial charge in [0.2, 0.25) is 5.91 Å². The maximum Gasteiger partial charge on any atom is 0.220 e. The fourth-order valence-electron chi connectivity index (χ4n) is 11.7. The van der Waals surface area contributed by atoms with Gasteiger partial charge in [-0.1, -0.05) is 245 Å². The standard InChI is InChI=1S/C63H121NO18/c1-3-5-7-9-11-13-14-15-16-17-18-19-20-21-22-23-24-25-26-27-28-29-30-31-33-34-36-38-40-47(68)46(64-51(69)41-39-37-35-32-12-10-8-6-4-2)45-77-61-57(75)54(72)59(49(43-66)79-61)82-63-58(76)55(73)60(50(44-67)80-63)81-62-56(74)53(71)52(70)48(42-65)78-62/h46-50,52-63,65-68,70-76H,3-45H2,1-2H3,(H,64,69). The van der Waals surface area contributed by atoms with Crippen molar-refractivity contribution in [3.63, 3.8) is 0 Å². The Morgan fingerprint density at radius 1 is 0.390 bits per heavy atom. The van der Waals surface area contributed by atoms with Crippen LogP contribution in [0.2, 0.25) is 0 Å². The Kier molecular flexibility index (Phi) is 42.9. The zero-order chi connectivity index (χ0) is 59.7. The molecule has 17 atom stereocenters. The minimum atomic E-state index is -1.97. The summed E-state index contributed by atoms with van der Waals surface area (Å²) >= 11 is 0. The van der Waals surface area contributed by atoms with Crippen LogP contribution in [0.15, 0.2) is 0 Å². The highest BCUT2D eigenvalue weighted by Gasteiger charge is 2.53. The minimum Gasteiger partial charge on any atom is -0.394 e. The third kappa shape index (κ3) is 29.7. The highest BCUT2D eigenvalue weighted by Crippen LogP contribution is 2.33. The number of carbonyl (C=O) groups is 1. The molecule has 0 aromatic heterocycles. The molecular weight excluding hydrogens is 1060 g/mol. The van der Waals surface area contributed by atoms with Crippen LogP contribution >= 0.6 is 0 Å². The molecule has 0 aliphatic carbocycles. The van der Waals surface area contributed by atoms with Crippen LogP contribution < -0.4 is 5.32 Å². The SMILES string of the molecule is CCCCCCCCCCCCCCCCCCCCCCCCCCCCCCC(O)C(COC1OC(CO)C(OC2OC(CO)C(OC3OC(CO)C(O)C(O)C3O)C(O)C2O)C(O)C1O)NC(=O)CCCCCCCCCCC. The lowest BCUT2D eigenvalue weighted by atomic mass is 9.96. The molecule has 0 aromatic carbocycles. The maximum absolute atomic E-state index is 13.3. The van der Waals surface area contributed by atoms with E-state index in [0.717, 1.165) is 44.9 Å². The molecule has 3 rings (SSSR count). The van der Waals surface area contributed by atoms with E-state index in [4.69, 9.17) is 28.4 Å². The van der Waals surface area contributed by atoms with Crippen LogP contribution in [-0.2, 0) is 33.2 Å². The van der Waals surface area contributed by atoms with Crippen LogP contribution in [0.3, 0.4) is 0 Å². The van der Waals surface area contributed by atoms with Gasteiger partial charge >= 0.3 is 0 Å². The quantitative estimate of drug-likeness (QED) is 0.0262. The molecule has 82 heavy (non-hydrogen) atoms. The average Bonchev–Trinajstić information content (AvgIpc) is 3.49. The van der Waals surface area contributed by atoms with Crippen LogP contribution in [0, 0.1) is 0 Å². The molecule has 0 aromatic rings. The second-order valence-corrected chi connectivity index (χ2v) is 24.3. The zero-order valence-corrected chi connectivity index (χ0v) is 51.0. The number of ether oxygens (including phenoxy) is 6. The Labute approximate surface area is 493 Å². The number of aliphatic hydroxyl groups excluding tert-OH is 11. The van der Waals surface area contributed by atoms with Gasteiger partial charge in [-0.25, -0.2) is 0 Å². The molecule has 486 valence electrons. The Balaban J connectivity index is 1.37. The van der Waals surface area contributed by atoms with Crippen LogP contribution in [0.1, 0.15) is 264 Å². The number of unbranched alkanes of at least 4 members (excludes halogenated alkanes) is 35. The Morgan fingerprint density at radius 3 is 1.06 bits per heavy atom. The number of hydrogen-bond donors (Lipinski definition) is 12. The first-order valence-corrected chi connectivity index (χ1v) is 33.3. The summed E-state index contributed by atoms with van der Waals surface area (Å²) in [6, 6.07) is -0.879. The summed E-state index contributed by atoms with van der Waals surface area (Å²) in [4.78, 5) is 13.3. The van der Waals surface area contributed by atoms with Crippen LogP contribution in [0.25, 0.3) is 0 Å². The second-order valence-electron chi connectivity index (χ2n) is 24.3. The van der Waals surface area contributed by atoms with Gasteiger partial charge in [-0.3, -0.25) is 4.79 Å². The second kappa shape index (κ2) is 46.9. The summed E-state index contributed by atoms with van der Waals surface area (Å²) in [5.74, 6) is -0.243. The number of nitrogens with one attached hydrogen (secondary N) is 1. The molecule has 0 spiro atoms. The first kappa shape index (κ1) is 75.0. The van der Waals surface area contributed by atoms with Crippen molar-refractivity contribution in [2.45, 2.75) is 369 Å². The van der Waals surface area contributed by atoms with E-state index in [1.54, 1.807) is 0 Å². The number of rotatable bonds is 51. The van der Waals surface area contributed by atoms with Gasteiger partial charge in [0.15, 0.2) is 18.9 Å². The lowest BCUT2D eigenvalue weighted by molar-refractivity contribution is -0.379. The van der Waals surface area contributed by atoms with Gasteiger partial charge in [0, 0.05) is 6.42 Å². The first-order valence-electron chi connectivity index (χ1n) is 33.3. The Hall–Kier alpha value is -1.21.